The summed E-state index contributed by atoms with van der Waals surface area (Å²) in [6.07, 6.45) is 1.68. The van der Waals surface area contributed by atoms with E-state index in [1.807, 2.05) is 6.92 Å². The Labute approximate surface area is 209 Å². The van der Waals surface area contributed by atoms with Gasteiger partial charge in [0.25, 0.3) is 11.8 Å². The Bertz CT molecular complexity index is 1460. The first-order chi connectivity index (χ1) is 17.8. The van der Waals surface area contributed by atoms with Crippen molar-refractivity contribution in [1.82, 2.24) is 25.1 Å². The molecule has 4 aromatic rings. The van der Waals surface area contributed by atoms with Crippen LogP contribution in [0.25, 0.3) is 16.7 Å². The van der Waals surface area contributed by atoms with Crippen LogP contribution in [0, 0.1) is 0 Å². The van der Waals surface area contributed by atoms with Crippen molar-refractivity contribution in [2.75, 3.05) is 35.7 Å². The van der Waals surface area contributed by atoms with E-state index in [2.05, 4.69) is 25.8 Å². The van der Waals surface area contributed by atoms with Gasteiger partial charge in [-0.25, -0.2) is 4.68 Å². The van der Waals surface area contributed by atoms with Crippen molar-refractivity contribution in [3.8, 4) is 11.6 Å². The Kier molecular flexibility index (Phi) is 6.19. The average molecular weight is 508 g/mol. The van der Waals surface area contributed by atoms with E-state index in [1.54, 1.807) is 30.5 Å². The van der Waals surface area contributed by atoms with Crippen LogP contribution in [0.4, 0.5) is 17.3 Å². The molecule has 3 aromatic heterocycles. The molecule has 0 unspecified atom stereocenters. The molecule has 192 valence electrons. The molecule has 0 spiro atoms. The Balaban J connectivity index is 1.33. The molecule has 0 radical (unpaired) electrons. The lowest BCUT2D eigenvalue weighted by Crippen LogP contribution is -2.61. The van der Waals surface area contributed by atoms with Crippen LogP contribution in [-0.4, -0.2) is 73.5 Å². The number of ether oxygens (including phenoxy) is 2. The van der Waals surface area contributed by atoms with Gasteiger partial charge in [0.15, 0.2) is 28.9 Å². The van der Waals surface area contributed by atoms with Crippen LogP contribution in [0.5, 0.6) is 5.88 Å². The molecule has 4 heterocycles. The second kappa shape index (κ2) is 9.48. The fraction of sp³-hybridized carbons (Fsp3) is 0.304. The van der Waals surface area contributed by atoms with E-state index < -0.39 is 23.5 Å². The quantitative estimate of drug-likeness (QED) is 0.322. The number of hydrogen-bond donors (Lipinski definition) is 3. The zero-order valence-electron chi connectivity index (χ0n) is 20.0. The van der Waals surface area contributed by atoms with Crippen molar-refractivity contribution >= 4 is 40.1 Å². The number of nitrogen functional groups attached to an aromatic ring is 1. The smallest absolute Gasteiger partial charge is 0.260 e. The molecule has 37 heavy (non-hydrogen) atoms. The highest BCUT2D eigenvalue weighted by molar-refractivity contribution is 6.06. The van der Waals surface area contributed by atoms with Crippen LogP contribution in [-0.2, 0) is 14.3 Å². The number of nitrogens with one attached hydrogen (secondary N) is 1. The highest BCUT2D eigenvalue weighted by Crippen LogP contribution is 2.27. The number of benzene rings is 1. The fourth-order valence-corrected chi connectivity index (χ4v) is 3.91. The number of aliphatic hydroxyl groups is 1. The molecule has 0 aliphatic carbocycles. The third-order valence-electron chi connectivity index (χ3n) is 5.84. The van der Waals surface area contributed by atoms with Crippen LogP contribution >= 0.6 is 0 Å². The summed E-state index contributed by atoms with van der Waals surface area (Å²) in [5.41, 5.74) is 4.78. The molecule has 2 atom stereocenters. The molecule has 14 heteroatoms. The third kappa shape index (κ3) is 4.54. The number of rotatable bonds is 7. The first-order valence-corrected chi connectivity index (χ1v) is 11.4. The van der Waals surface area contributed by atoms with Gasteiger partial charge in [-0.05, 0) is 26.0 Å². The van der Waals surface area contributed by atoms with Gasteiger partial charge in [-0.1, -0.05) is 5.16 Å². The highest BCUT2D eigenvalue weighted by atomic mass is 16.5. The Hall–Kier alpha value is -4.56. The molecular weight excluding hydrogens is 484 g/mol. The van der Waals surface area contributed by atoms with Gasteiger partial charge in [0.2, 0.25) is 5.88 Å². The van der Waals surface area contributed by atoms with Crippen molar-refractivity contribution in [2.45, 2.75) is 25.6 Å². The van der Waals surface area contributed by atoms with E-state index in [9.17, 15) is 14.7 Å². The van der Waals surface area contributed by atoms with E-state index in [0.29, 0.717) is 40.6 Å². The molecule has 14 nitrogen and oxygen atoms in total. The maximum atomic E-state index is 13.3. The number of morpholine rings is 1. The summed E-state index contributed by atoms with van der Waals surface area (Å²) in [5.74, 6) is -0.571. The zero-order valence-corrected chi connectivity index (χ0v) is 20.0. The van der Waals surface area contributed by atoms with Gasteiger partial charge in [0, 0.05) is 30.1 Å². The molecule has 0 bridgehead atoms. The van der Waals surface area contributed by atoms with Crippen LogP contribution in [0.1, 0.15) is 13.8 Å². The fourth-order valence-electron chi connectivity index (χ4n) is 3.91. The van der Waals surface area contributed by atoms with Crippen LogP contribution < -0.4 is 20.7 Å². The predicted octanol–water partition coefficient (Wildman–Crippen LogP) is 0.906. The standard InChI is InChI=1S/C23H24N8O6/c1-3-35-18-11-14(12-25-27-18)31-7-6-17(28-31)30-8-9-36-19(21(30)32)23(2,34)22(33)26-13-4-5-15-16(10-13)37-29-20(15)24/h4-7,10-12,19,34H,3,8-9H2,1-2H3,(H2,24,29)(H,26,33)/t19-,23-/m0/s1. The Morgan fingerprint density at radius 1 is 1.35 bits per heavy atom. The third-order valence-corrected chi connectivity index (χ3v) is 5.84. The van der Waals surface area contributed by atoms with Crippen molar-refractivity contribution < 1.29 is 28.7 Å². The van der Waals surface area contributed by atoms with Gasteiger partial charge < -0.3 is 30.2 Å². The lowest BCUT2D eigenvalue weighted by Gasteiger charge is -2.37. The van der Waals surface area contributed by atoms with Gasteiger partial charge >= 0.3 is 0 Å². The molecule has 4 N–H and O–H groups in total. The Morgan fingerprint density at radius 2 is 2.19 bits per heavy atom. The van der Waals surface area contributed by atoms with Crippen molar-refractivity contribution in [3.05, 3.63) is 42.7 Å². The number of fused-ring (bicyclic) bond motifs is 1. The molecule has 0 saturated carbocycles. The summed E-state index contributed by atoms with van der Waals surface area (Å²) in [5, 5.41) is 30.2. The van der Waals surface area contributed by atoms with E-state index in [-0.39, 0.29) is 19.0 Å². The second-order valence-electron chi connectivity index (χ2n) is 8.42. The molecule has 1 saturated heterocycles. The first-order valence-electron chi connectivity index (χ1n) is 11.4. The summed E-state index contributed by atoms with van der Waals surface area (Å²) < 4.78 is 17.6. The number of carbonyl (C=O) groups excluding carboxylic acids is 2. The van der Waals surface area contributed by atoms with Crippen LogP contribution in [0.2, 0.25) is 0 Å². The molecule has 1 aliphatic heterocycles. The normalized spacial score (nSPS) is 17.5. The van der Waals surface area contributed by atoms with Crippen molar-refractivity contribution in [2.24, 2.45) is 0 Å². The van der Waals surface area contributed by atoms with Gasteiger partial charge in [-0.2, -0.15) is 5.10 Å². The van der Waals surface area contributed by atoms with Crippen molar-refractivity contribution in [1.29, 1.82) is 0 Å². The van der Waals surface area contributed by atoms with Crippen LogP contribution in [0.3, 0.4) is 0 Å². The minimum absolute atomic E-state index is 0.0846. The van der Waals surface area contributed by atoms with E-state index in [4.69, 9.17) is 19.7 Å². The molecular formula is C23H24N8O6. The summed E-state index contributed by atoms with van der Waals surface area (Å²) in [7, 11) is 0. The van der Waals surface area contributed by atoms with E-state index >= 15 is 0 Å². The summed E-state index contributed by atoms with van der Waals surface area (Å²) >= 11 is 0. The van der Waals surface area contributed by atoms with Crippen molar-refractivity contribution in [3.63, 3.8) is 0 Å². The summed E-state index contributed by atoms with van der Waals surface area (Å²) in [4.78, 5) is 27.7. The van der Waals surface area contributed by atoms with Gasteiger partial charge in [-0.3, -0.25) is 14.5 Å². The molecule has 1 fully saturated rings. The second-order valence-corrected chi connectivity index (χ2v) is 8.42. The van der Waals surface area contributed by atoms with Crippen LogP contribution in [0.15, 0.2) is 47.2 Å². The predicted molar refractivity (Wildman–Crippen MR) is 130 cm³/mol. The largest absolute Gasteiger partial charge is 0.477 e. The number of hydrogen-bond acceptors (Lipinski definition) is 11. The number of amides is 2. The monoisotopic (exact) mass is 508 g/mol. The number of aromatic nitrogens is 5. The van der Waals surface area contributed by atoms with Gasteiger partial charge in [0.05, 0.1) is 37.0 Å². The maximum Gasteiger partial charge on any atom is 0.260 e. The van der Waals surface area contributed by atoms with Gasteiger partial charge in [-0.15, -0.1) is 10.2 Å². The molecule has 1 aliphatic rings. The number of nitrogens with two attached hydrogens (primary N) is 1. The molecule has 2 amide bonds. The highest BCUT2D eigenvalue weighted by Gasteiger charge is 2.49. The van der Waals surface area contributed by atoms with E-state index in [0.717, 1.165) is 0 Å². The lowest BCUT2D eigenvalue weighted by atomic mass is 9.95. The summed E-state index contributed by atoms with van der Waals surface area (Å²) in [6.45, 7) is 3.76. The number of carbonyl (C=O) groups is 2. The minimum Gasteiger partial charge on any atom is -0.477 e. The summed E-state index contributed by atoms with van der Waals surface area (Å²) in [6, 6.07) is 8.02. The topological polar surface area (TPSA) is 184 Å². The lowest BCUT2D eigenvalue weighted by molar-refractivity contribution is -0.165. The minimum atomic E-state index is -2.20. The SMILES string of the molecule is CCOc1cc(-n2ccc(N3CCO[C@H]([C@](C)(O)C(=O)Nc4ccc5c(N)noc5c4)C3=O)n2)cnn1. The number of anilines is 3. The van der Waals surface area contributed by atoms with E-state index in [1.165, 1.54) is 28.8 Å². The number of nitrogens with zero attached hydrogens (tertiary/aromatic N) is 6. The maximum absolute atomic E-state index is 13.3. The van der Waals surface area contributed by atoms with Gasteiger partial charge in [0.1, 0.15) is 0 Å². The Morgan fingerprint density at radius 3 is 3.00 bits per heavy atom. The first kappa shape index (κ1) is 24.1. The molecule has 5 rings (SSSR count). The average Bonchev–Trinajstić information content (AvgIpc) is 3.52. The zero-order chi connectivity index (χ0) is 26.2. The molecule has 1 aromatic carbocycles.